The van der Waals surface area contributed by atoms with Crippen molar-refractivity contribution in [2.24, 2.45) is 0 Å². The normalized spacial score (nSPS) is 14.3. The molecule has 0 spiro atoms. The fraction of sp³-hybridized carbons (Fsp3) is 0.240. The van der Waals surface area contributed by atoms with Gasteiger partial charge >= 0.3 is 6.03 Å². The van der Waals surface area contributed by atoms with Crippen molar-refractivity contribution < 1.29 is 27.7 Å². The Kier molecular flexibility index (Phi) is 8.54. The summed E-state index contributed by atoms with van der Waals surface area (Å²) in [5, 5.41) is 5.35. The fourth-order valence-electron chi connectivity index (χ4n) is 3.62. The smallest absolute Gasteiger partial charge is 0.330 e. The molecule has 3 N–H and O–H groups in total. The van der Waals surface area contributed by atoms with Crippen molar-refractivity contribution in [3.63, 3.8) is 0 Å². The van der Waals surface area contributed by atoms with Gasteiger partial charge in [0.15, 0.2) is 6.73 Å². The first-order valence-electron chi connectivity index (χ1n) is 11.6. The predicted octanol–water partition coefficient (Wildman–Crippen LogP) is 4.33. The molecule has 39 heavy (non-hydrogen) atoms. The van der Waals surface area contributed by atoms with Crippen LogP contribution < -0.4 is 29.7 Å². The lowest BCUT2D eigenvalue weighted by Gasteiger charge is -2.29. The maximum atomic E-state index is 14.4. The van der Waals surface area contributed by atoms with Gasteiger partial charge in [-0.2, -0.15) is 0 Å². The topological polar surface area (TPSA) is 112 Å². The molecule has 1 unspecified atom stereocenters. The van der Waals surface area contributed by atoms with Crippen LogP contribution in [-0.2, 0) is 9.71 Å². The molecule has 10 nitrogen and oxygen atoms in total. The zero-order valence-electron chi connectivity index (χ0n) is 21.4. The third-order valence-corrected chi connectivity index (χ3v) is 9.00. The van der Waals surface area contributed by atoms with Gasteiger partial charge in [0.1, 0.15) is 28.1 Å². The molecule has 0 saturated carbocycles. The Hall–Kier alpha value is -3.52. The number of fused-ring (bicyclic) bond motifs is 1. The molecule has 0 saturated heterocycles. The molecule has 0 radical (unpaired) electrons. The molecule has 0 fully saturated rings. The highest BCUT2D eigenvalue weighted by molar-refractivity contribution is 8.00. The van der Waals surface area contributed by atoms with Crippen molar-refractivity contribution in [2.75, 3.05) is 56.6 Å². The quantitative estimate of drug-likeness (QED) is 0.316. The molecule has 1 aliphatic rings. The largest absolute Gasteiger partial charge is 0.490 e. The average molecular weight is 596 g/mol. The second-order valence-corrected chi connectivity index (χ2v) is 12.7. The van der Waals surface area contributed by atoms with Crippen LogP contribution in [0.3, 0.4) is 0 Å². The Morgan fingerprint density at radius 2 is 2.03 bits per heavy atom. The summed E-state index contributed by atoms with van der Waals surface area (Å²) in [7, 11) is 2.19. The average Bonchev–Trinajstić information content (AvgIpc) is 3.32. The maximum Gasteiger partial charge on any atom is 0.330 e. The molecule has 2 heterocycles. The molecule has 3 aromatic rings. The number of rotatable bonds is 9. The zero-order valence-corrected chi connectivity index (χ0v) is 23.8. The van der Waals surface area contributed by atoms with E-state index in [0.717, 1.165) is 17.4 Å². The predicted molar refractivity (Wildman–Crippen MR) is 154 cm³/mol. The third-order valence-electron chi connectivity index (χ3n) is 5.62. The van der Waals surface area contributed by atoms with Gasteiger partial charge in [0.25, 0.3) is 5.91 Å². The number of amides is 3. The van der Waals surface area contributed by atoms with Crippen molar-refractivity contribution in [3.05, 3.63) is 58.2 Å². The van der Waals surface area contributed by atoms with Crippen molar-refractivity contribution in [1.82, 2.24) is 9.62 Å². The highest BCUT2D eigenvalue weighted by Crippen LogP contribution is 2.36. The van der Waals surface area contributed by atoms with Crippen LogP contribution in [0.5, 0.6) is 11.5 Å². The molecule has 0 aliphatic carbocycles. The van der Waals surface area contributed by atoms with Crippen LogP contribution in [-0.4, -0.2) is 67.9 Å². The molecule has 1 aromatic heterocycles. The van der Waals surface area contributed by atoms with Gasteiger partial charge in [-0.05, 0) is 50.3 Å². The number of hydrogen-bond acceptors (Lipinski definition) is 8. The van der Waals surface area contributed by atoms with Gasteiger partial charge in [-0.1, -0.05) is 11.6 Å². The number of nitrogens with zero attached hydrogens (tertiary/aromatic N) is 2. The molecule has 3 amide bonds. The van der Waals surface area contributed by atoms with Crippen molar-refractivity contribution in [2.45, 2.75) is 4.21 Å². The van der Waals surface area contributed by atoms with E-state index in [1.165, 1.54) is 17.0 Å². The summed E-state index contributed by atoms with van der Waals surface area (Å²) >= 11 is 6.98. The highest BCUT2D eigenvalue weighted by atomic mass is 35.5. The molecule has 2 aromatic carbocycles. The molecule has 14 heteroatoms. The van der Waals surface area contributed by atoms with E-state index >= 15 is 0 Å². The first kappa shape index (κ1) is 28.5. The monoisotopic (exact) mass is 595 g/mol. The Morgan fingerprint density at radius 1 is 1.26 bits per heavy atom. The molecule has 208 valence electrons. The molecule has 0 bridgehead atoms. The van der Waals surface area contributed by atoms with E-state index in [-0.39, 0.29) is 41.8 Å². The minimum atomic E-state index is -3.15. The Bertz CT molecular complexity index is 1510. The lowest BCUT2D eigenvalue weighted by atomic mass is 10.1. The Labute approximate surface area is 234 Å². The van der Waals surface area contributed by atoms with Gasteiger partial charge in [0.2, 0.25) is 0 Å². The number of carbonyl (C=O) groups excluding carboxylic acids is 2. The van der Waals surface area contributed by atoms with Crippen LogP contribution >= 0.6 is 22.9 Å². The second kappa shape index (κ2) is 11.7. The van der Waals surface area contributed by atoms with E-state index in [0.29, 0.717) is 20.8 Å². The summed E-state index contributed by atoms with van der Waals surface area (Å²) in [6.07, 6.45) is 0. The van der Waals surface area contributed by atoms with E-state index in [1.807, 2.05) is 19.0 Å². The molecular formula is C25H27ClFN5O5S2. The van der Waals surface area contributed by atoms with Crippen molar-refractivity contribution in [3.8, 4) is 11.5 Å². The van der Waals surface area contributed by atoms with Gasteiger partial charge in [-0.15, -0.1) is 11.3 Å². The summed E-state index contributed by atoms with van der Waals surface area (Å²) < 4.78 is 42.1. The van der Waals surface area contributed by atoms with Crippen LogP contribution in [0.4, 0.5) is 26.2 Å². The van der Waals surface area contributed by atoms with Crippen LogP contribution in [0.15, 0.2) is 46.7 Å². The van der Waals surface area contributed by atoms with Gasteiger partial charge in [0.05, 0.1) is 36.7 Å². The van der Waals surface area contributed by atoms with E-state index in [9.17, 15) is 18.2 Å². The maximum absolute atomic E-state index is 14.4. The first-order valence-corrected chi connectivity index (χ1v) is 14.5. The highest BCUT2D eigenvalue weighted by Gasteiger charge is 2.29. The van der Waals surface area contributed by atoms with E-state index in [4.69, 9.17) is 21.1 Å². The molecular weight excluding hydrogens is 569 g/mol. The Balaban J connectivity index is 1.58. The lowest BCUT2D eigenvalue weighted by Crippen LogP contribution is -2.39. The van der Waals surface area contributed by atoms with Gasteiger partial charge in [-0.3, -0.25) is 14.4 Å². The minimum absolute atomic E-state index is 0.0771. The summed E-state index contributed by atoms with van der Waals surface area (Å²) in [5.41, 5.74) is 0.968. The van der Waals surface area contributed by atoms with E-state index in [2.05, 4.69) is 21.2 Å². The van der Waals surface area contributed by atoms with Crippen LogP contribution in [0, 0.1) is 5.82 Å². The summed E-state index contributed by atoms with van der Waals surface area (Å²) in [5.74, 6) is 3.11. The number of halogens is 2. The number of nitrogens with one attached hydrogen (secondary N) is 3. The second-order valence-electron chi connectivity index (χ2n) is 8.71. The van der Waals surface area contributed by atoms with Crippen LogP contribution in [0.2, 0.25) is 4.34 Å². The number of hydrogen-bond donors (Lipinski definition) is 3. The SMILES string of the molecule is C=S(=O)(NC(=O)Nc1ccc(N2COc3cc(NC)c(F)cc3C2=O)cc1OCCN(C)C)c1ccc(Cl)s1. The van der Waals surface area contributed by atoms with Gasteiger partial charge < -0.3 is 25.0 Å². The summed E-state index contributed by atoms with van der Waals surface area (Å²) in [6, 6.07) is 9.59. The molecule has 1 aliphatic heterocycles. The number of urea groups is 1. The molecule has 1 atom stereocenters. The number of likely N-dealkylation sites (N-methyl/N-ethyl adjacent to an activating group) is 1. The van der Waals surface area contributed by atoms with E-state index < -0.39 is 27.5 Å². The zero-order chi connectivity index (χ0) is 28.3. The first-order chi connectivity index (χ1) is 18.5. The number of ether oxygens (including phenoxy) is 2. The standard InChI is InChI=1S/C25H27ClFN5O5S2/c1-28-19-13-20-16(12-17(19)27)24(33)32(14-37-20)15-5-6-18(21(11-15)36-10-9-31(2)3)29-25(34)30-39(4,35)23-8-7-22(26)38-23/h5-8,11-13,28H,4,9-10,14H2,1-3H3,(H2,29,30,34,35). The third kappa shape index (κ3) is 6.56. The van der Waals surface area contributed by atoms with E-state index in [1.54, 1.807) is 31.3 Å². The summed E-state index contributed by atoms with van der Waals surface area (Å²) in [6.45, 7) is 0.740. The number of benzene rings is 2. The Morgan fingerprint density at radius 3 is 2.69 bits per heavy atom. The van der Waals surface area contributed by atoms with Crippen LogP contribution in [0.1, 0.15) is 10.4 Å². The fourth-order valence-corrected chi connectivity index (χ4v) is 6.21. The van der Waals surface area contributed by atoms with Gasteiger partial charge in [0, 0.05) is 25.7 Å². The lowest BCUT2D eigenvalue weighted by molar-refractivity contribution is 0.0936. The summed E-state index contributed by atoms with van der Waals surface area (Å²) in [4.78, 5) is 29.2. The number of thiophene rings is 1. The number of carbonyl (C=O) groups is 2. The van der Waals surface area contributed by atoms with Gasteiger partial charge in [-0.25, -0.2) is 13.4 Å². The van der Waals surface area contributed by atoms with Crippen LogP contribution in [0.25, 0.3) is 0 Å². The molecule has 4 rings (SSSR count). The minimum Gasteiger partial charge on any atom is -0.490 e. The number of anilines is 3. The van der Waals surface area contributed by atoms with Crippen molar-refractivity contribution >= 4 is 67.5 Å². The van der Waals surface area contributed by atoms with Crippen molar-refractivity contribution in [1.29, 1.82) is 0 Å².